The van der Waals surface area contributed by atoms with E-state index >= 15 is 0 Å². The second-order valence-electron chi connectivity index (χ2n) is 5.02. The first-order valence-corrected chi connectivity index (χ1v) is 6.75. The molecule has 3 aromatic rings. The molecule has 1 aromatic carbocycles. The molecular weight excluding hydrogens is 280 g/mol. The molecule has 22 heavy (non-hydrogen) atoms. The van der Waals surface area contributed by atoms with Gasteiger partial charge in [0, 0.05) is 13.2 Å². The molecule has 0 aliphatic carbocycles. The Morgan fingerprint density at radius 2 is 2.09 bits per heavy atom. The van der Waals surface area contributed by atoms with Gasteiger partial charge < -0.3 is 5.32 Å². The molecule has 0 aliphatic rings. The molecule has 0 saturated heterocycles. The number of nitrogens with zero attached hydrogens (tertiary/aromatic N) is 3. The third-order valence-corrected chi connectivity index (χ3v) is 3.34. The average Bonchev–Trinajstić information content (AvgIpc) is 2.51. The number of carbonyl (C=O) groups is 1. The first-order chi connectivity index (χ1) is 10.6. The summed E-state index contributed by atoms with van der Waals surface area (Å²) in [5, 5.41) is 7.21. The van der Waals surface area contributed by atoms with Crippen molar-refractivity contribution < 1.29 is 4.79 Å². The number of pyridine rings is 1. The largest absolute Gasteiger partial charge is 0.319 e. The number of rotatable bonds is 2. The Kier molecular flexibility index (Phi) is 3.42. The van der Waals surface area contributed by atoms with Crippen LogP contribution in [0.5, 0.6) is 0 Å². The standard InChI is InChI=1S/C16H14N4O2/c1-10-5-6-13-12(8-10)15(21)14(19-20(13)2)16(22)18-11-4-3-7-17-9-11/h3-9H,1-2H3,(H,18,22). The van der Waals surface area contributed by atoms with Crippen LogP contribution in [0.15, 0.2) is 47.5 Å². The molecule has 0 aliphatic heterocycles. The molecule has 1 amide bonds. The molecule has 0 atom stereocenters. The van der Waals surface area contributed by atoms with Crippen LogP contribution in [-0.4, -0.2) is 20.7 Å². The third kappa shape index (κ3) is 2.46. The number of nitrogens with one attached hydrogen (secondary N) is 1. The minimum atomic E-state index is -0.544. The zero-order chi connectivity index (χ0) is 15.7. The van der Waals surface area contributed by atoms with Gasteiger partial charge >= 0.3 is 0 Å². The molecule has 2 aromatic heterocycles. The number of aryl methyl sites for hydroxylation is 2. The summed E-state index contributed by atoms with van der Waals surface area (Å²) in [6.45, 7) is 1.90. The molecule has 3 rings (SSSR count). The summed E-state index contributed by atoms with van der Waals surface area (Å²) in [6.07, 6.45) is 3.11. The number of amides is 1. The highest BCUT2D eigenvalue weighted by Gasteiger charge is 2.16. The Morgan fingerprint density at radius 1 is 1.27 bits per heavy atom. The van der Waals surface area contributed by atoms with Crippen LogP contribution in [0.4, 0.5) is 5.69 Å². The van der Waals surface area contributed by atoms with Crippen LogP contribution in [0.1, 0.15) is 16.1 Å². The molecule has 110 valence electrons. The maximum atomic E-state index is 12.5. The van der Waals surface area contributed by atoms with Crippen molar-refractivity contribution in [3.8, 4) is 0 Å². The summed E-state index contributed by atoms with van der Waals surface area (Å²) in [7, 11) is 1.71. The smallest absolute Gasteiger partial charge is 0.280 e. The molecule has 0 spiro atoms. The quantitative estimate of drug-likeness (QED) is 0.783. The molecule has 6 nitrogen and oxygen atoms in total. The summed E-state index contributed by atoms with van der Waals surface area (Å²) >= 11 is 0. The highest BCUT2D eigenvalue weighted by atomic mass is 16.2. The number of anilines is 1. The Labute approximate surface area is 126 Å². The normalized spacial score (nSPS) is 10.6. The maximum absolute atomic E-state index is 12.5. The fourth-order valence-corrected chi connectivity index (χ4v) is 2.27. The van der Waals surface area contributed by atoms with Gasteiger partial charge in [0.05, 0.1) is 22.8 Å². The van der Waals surface area contributed by atoms with E-state index in [-0.39, 0.29) is 11.1 Å². The Balaban J connectivity index is 2.09. The van der Waals surface area contributed by atoms with Crippen molar-refractivity contribution >= 4 is 22.5 Å². The van der Waals surface area contributed by atoms with Gasteiger partial charge in [-0.2, -0.15) is 5.10 Å². The fourth-order valence-electron chi connectivity index (χ4n) is 2.27. The van der Waals surface area contributed by atoms with Crippen molar-refractivity contribution in [1.82, 2.24) is 14.8 Å². The van der Waals surface area contributed by atoms with E-state index in [4.69, 9.17) is 0 Å². The van der Waals surface area contributed by atoms with Crippen molar-refractivity contribution in [1.29, 1.82) is 0 Å². The van der Waals surface area contributed by atoms with Gasteiger partial charge in [0.15, 0.2) is 5.69 Å². The summed E-state index contributed by atoms with van der Waals surface area (Å²) in [5.74, 6) is -0.544. The Hall–Kier alpha value is -3.02. The summed E-state index contributed by atoms with van der Waals surface area (Å²) in [5.41, 5.74) is 1.64. The second kappa shape index (κ2) is 5.40. The number of hydrogen-bond donors (Lipinski definition) is 1. The van der Waals surface area contributed by atoms with E-state index in [1.165, 1.54) is 10.9 Å². The minimum Gasteiger partial charge on any atom is -0.319 e. The molecule has 2 heterocycles. The van der Waals surface area contributed by atoms with Gasteiger partial charge in [0.25, 0.3) is 5.91 Å². The molecular formula is C16H14N4O2. The van der Waals surface area contributed by atoms with Gasteiger partial charge in [-0.1, -0.05) is 11.6 Å². The molecule has 0 saturated carbocycles. The molecule has 0 bridgehead atoms. The van der Waals surface area contributed by atoms with E-state index in [2.05, 4.69) is 15.4 Å². The number of benzene rings is 1. The van der Waals surface area contributed by atoms with Gasteiger partial charge in [-0.05, 0) is 31.2 Å². The summed E-state index contributed by atoms with van der Waals surface area (Å²) in [6, 6.07) is 8.88. The zero-order valence-corrected chi connectivity index (χ0v) is 12.2. The average molecular weight is 294 g/mol. The van der Waals surface area contributed by atoms with E-state index in [1.54, 1.807) is 31.4 Å². The summed E-state index contributed by atoms with van der Waals surface area (Å²) < 4.78 is 1.54. The first-order valence-electron chi connectivity index (χ1n) is 6.75. The number of fused-ring (bicyclic) bond motifs is 1. The van der Waals surface area contributed by atoms with E-state index in [1.807, 2.05) is 19.1 Å². The van der Waals surface area contributed by atoms with E-state index < -0.39 is 5.91 Å². The SMILES string of the molecule is Cc1ccc2c(c1)c(=O)c(C(=O)Nc1cccnc1)nn2C. The van der Waals surface area contributed by atoms with E-state index in [0.29, 0.717) is 16.6 Å². The summed E-state index contributed by atoms with van der Waals surface area (Å²) in [4.78, 5) is 28.7. The second-order valence-corrected chi connectivity index (χ2v) is 5.02. The van der Waals surface area contributed by atoms with Crippen molar-refractivity contribution in [3.63, 3.8) is 0 Å². The predicted molar refractivity (Wildman–Crippen MR) is 83.9 cm³/mol. The van der Waals surface area contributed by atoms with Crippen molar-refractivity contribution in [2.24, 2.45) is 7.05 Å². The highest BCUT2D eigenvalue weighted by Crippen LogP contribution is 2.12. The number of aromatic nitrogens is 3. The highest BCUT2D eigenvalue weighted by molar-refractivity contribution is 6.04. The van der Waals surface area contributed by atoms with E-state index in [0.717, 1.165) is 5.56 Å². The van der Waals surface area contributed by atoms with Crippen molar-refractivity contribution in [2.75, 3.05) is 5.32 Å². The van der Waals surface area contributed by atoms with E-state index in [9.17, 15) is 9.59 Å². The van der Waals surface area contributed by atoms with Crippen LogP contribution < -0.4 is 10.7 Å². The molecule has 0 fully saturated rings. The van der Waals surface area contributed by atoms with Crippen molar-refractivity contribution in [2.45, 2.75) is 6.92 Å². The monoisotopic (exact) mass is 294 g/mol. The maximum Gasteiger partial charge on any atom is 0.280 e. The Morgan fingerprint density at radius 3 is 2.82 bits per heavy atom. The van der Waals surface area contributed by atoms with Gasteiger partial charge in [-0.15, -0.1) is 0 Å². The molecule has 0 unspecified atom stereocenters. The minimum absolute atomic E-state index is 0.135. The lowest BCUT2D eigenvalue weighted by molar-refractivity contribution is 0.101. The molecule has 1 N–H and O–H groups in total. The number of hydrogen-bond acceptors (Lipinski definition) is 4. The molecule has 0 radical (unpaired) electrons. The van der Waals surface area contributed by atoms with Gasteiger partial charge in [0.1, 0.15) is 0 Å². The lowest BCUT2D eigenvalue weighted by Crippen LogP contribution is -2.26. The van der Waals surface area contributed by atoms with Crippen LogP contribution >= 0.6 is 0 Å². The van der Waals surface area contributed by atoms with Crippen LogP contribution in [-0.2, 0) is 7.05 Å². The van der Waals surface area contributed by atoms with Gasteiger partial charge in [-0.25, -0.2) is 0 Å². The van der Waals surface area contributed by atoms with Crippen LogP contribution in [0, 0.1) is 6.92 Å². The zero-order valence-electron chi connectivity index (χ0n) is 12.2. The number of carbonyl (C=O) groups excluding carboxylic acids is 1. The first kappa shape index (κ1) is 13.9. The van der Waals surface area contributed by atoms with Crippen LogP contribution in [0.2, 0.25) is 0 Å². The van der Waals surface area contributed by atoms with Crippen LogP contribution in [0.3, 0.4) is 0 Å². The van der Waals surface area contributed by atoms with Gasteiger partial charge in [-0.3, -0.25) is 19.3 Å². The molecule has 6 heteroatoms. The van der Waals surface area contributed by atoms with Gasteiger partial charge in [0.2, 0.25) is 5.43 Å². The predicted octanol–water partition coefficient (Wildman–Crippen LogP) is 1.89. The van der Waals surface area contributed by atoms with Crippen molar-refractivity contribution in [3.05, 3.63) is 64.2 Å². The Bertz CT molecular complexity index is 917. The third-order valence-electron chi connectivity index (χ3n) is 3.34. The van der Waals surface area contributed by atoms with Crippen LogP contribution in [0.25, 0.3) is 10.9 Å². The fraction of sp³-hybridized carbons (Fsp3) is 0.125. The lowest BCUT2D eigenvalue weighted by Gasteiger charge is -2.08. The topological polar surface area (TPSA) is 76.9 Å². The lowest BCUT2D eigenvalue weighted by atomic mass is 10.1.